The first-order valence-electron chi connectivity index (χ1n) is 20.5. The first-order valence-corrected chi connectivity index (χ1v) is 20.5. The molecule has 3 heterocycles. The Kier molecular flexibility index (Phi) is 7.91. The number of allylic oxidation sites excluding steroid dienone is 1. The molecular formula is C55H36N4O. The average Bonchev–Trinajstić information content (AvgIpc) is 3.87. The summed E-state index contributed by atoms with van der Waals surface area (Å²) in [6.07, 6.45) is 6.76. The van der Waals surface area contributed by atoms with Crippen molar-refractivity contribution in [2.45, 2.75) is 12.8 Å². The molecule has 0 saturated heterocycles. The fourth-order valence-corrected chi connectivity index (χ4v) is 8.96. The normalized spacial score (nSPS) is 12.5. The topological polar surface area (TPSA) is 56.7 Å². The van der Waals surface area contributed by atoms with Crippen LogP contribution in [0.2, 0.25) is 0 Å². The van der Waals surface area contributed by atoms with Crippen molar-refractivity contribution in [3.8, 4) is 62.1 Å². The average molecular weight is 769 g/mol. The Morgan fingerprint density at radius 3 is 1.67 bits per heavy atom. The highest BCUT2D eigenvalue weighted by atomic mass is 16.3. The number of hydrogen-bond donors (Lipinski definition) is 0. The van der Waals surface area contributed by atoms with Crippen molar-refractivity contribution in [1.29, 1.82) is 0 Å². The van der Waals surface area contributed by atoms with Gasteiger partial charge in [0.2, 0.25) is 0 Å². The van der Waals surface area contributed by atoms with Crippen molar-refractivity contribution in [2.75, 3.05) is 0 Å². The van der Waals surface area contributed by atoms with E-state index in [4.69, 9.17) is 19.4 Å². The zero-order valence-electron chi connectivity index (χ0n) is 32.6. The van der Waals surface area contributed by atoms with Gasteiger partial charge in [0.15, 0.2) is 17.5 Å². The SMILES string of the molecule is C1=Cc2c(ccc3c2c2cc(-c4ccccc4)ccc2n3-c2ccc3c(c2)oc2cc(-c4nc(-c5ccccc5)nc(-c5ccc(-c6ccccc6)cc5)n4)ccc23)CC1. The van der Waals surface area contributed by atoms with Crippen LogP contribution in [-0.2, 0) is 6.42 Å². The lowest BCUT2D eigenvalue weighted by atomic mass is 9.92. The summed E-state index contributed by atoms with van der Waals surface area (Å²) in [5, 5.41) is 4.66. The summed E-state index contributed by atoms with van der Waals surface area (Å²) in [5.41, 5.74) is 15.2. The molecule has 11 aromatic rings. The Balaban J connectivity index is 0.975. The summed E-state index contributed by atoms with van der Waals surface area (Å²) in [4.78, 5) is 15.0. The number of aromatic nitrogens is 4. The quantitative estimate of drug-likeness (QED) is 0.169. The van der Waals surface area contributed by atoms with Crippen molar-refractivity contribution in [2.24, 2.45) is 0 Å². The number of benzene rings is 8. The predicted octanol–water partition coefficient (Wildman–Crippen LogP) is 14.2. The van der Waals surface area contributed by atoms with Crippen LogP contribution >= 0.6 is 0 Å². The van der Waals surface area contributed by atoms with Gasteiger partial charge in [-0.1, -0.05) is 146 Å². The number of aryl methyl sites for hydroxylation is 1. The smallest absolute Gasteiger partial charge is 0.164 e. The van der Waals surface area contributed by atoms with Gasteiger partial charge in [0.05, 0.1) is 11.0 Å². The third-order valence-electron chi connectivity index (χ3n) is 11.9. The molecule has 0 radical (unpaired) electrons. The molecule has 0 N–H and O–H groups in total. The molecule has 5 nitrogen and oxygen atoms in total. The van der Waals surface area contributed by atoms with E-state index in [2.05, 4.69) is 162 Å². The molecule has 0 aliphatic heterocycles. The van der Waals surface area contributed by atoms with Crippen LogP contribution in [0.3, 0.4) is 0 Å². The van der Waals surface area contributed by atoms with Crippen LogP contribution in [0.1, 0.15) is 17.5 Å². The number of nitrogens with zero attached hydrogens (tertiary/aromatic N) is 4. The van der Waals surface area contributed by atoms with Gasteiger partial charge in [-0.3, -0.25) is 0 Å². The fraction of sp³-hybridized carbons (Fsp3) is 0.0364. The second-order valence-corrected chi connectivity index (χ2v) is 15.5. The van der Waals surface area contributed by atoms with Gasteiger partial charge in [-0.15, -0.1) is 0 Å². The monoisotopic (exact) mass is 768 g/mol. The number of furan rings is 1. The summed E-state index contributed by atoms with van der Waals surface area (Å²) < 4.78 is 9.13. The number of hydrogen-bond acceptors (Lipinski definition) is 4. The molecule has 8 aromatic carbocycles. The maximum atomic E-state index is 6.73. The van der Waals surface area contributed by atoms with Crippen LogP contribution in [0.25, 0.3) is 112 Å². The van der Waals surface area contributed by atoms with Crippen LogP contribution in [0.15, 0.2) is 192 Å². The maximum absolute atomic E-state index is 6.73. The summed E-state index contributed by atoms with van der Waals surface area (Å²) >= 11 is 0. The molecule has 5 heteroatoms. The lowest BCUT2D eigenvalue weighted by molar-refractivity contribution is 0.668. The van der Waals surface area contributed by atoms with E-state index >= 15 is 0 Å². The Bertz CT molecular complexity index is 3460. The second kappa shape index (κ2) is 13.9. The van der Waals surface area contributed by atoms with E-state index in [9.17, 15) is 0 Å². The van der Waals surface area contributed by atoms with Crippen LogP contribution < -0.4 is 0 Å². The fourth-order valence-electron chi connectivity index (χ4n) is 8.96. The Morgan fingerprint density at radius 1 is 0.417 bits per heavy atom. The van der Waals surface area contributed by atoms with Crippen molar-refractivity contribution in [3.05, 3.63) is 199 Å². The molecule has 0 unspecified atom stereocenters. The molecule has 0 saturated carbocycles. The van der Waals surface area contributed by atoms with E-state index in [1.165, 1.54) is 49.6 Å². The minimum absolute atomic E-state index is 0.589. The zero-order valence-corrected chi connectivity index (χ0v) is 32.6. The molecule has 0 amide bonds. The predicted molar refractivity (Wildman–Crippen MR) is 246 cm³/mol. The zero-order chi connectivity index (χ0) is 39.6. The highest BCUT2D eigenvalue weighted by molar-refractivity contribution is 6.15. The standard InChI is InChI=1S/C55H36N4O/c1-4-12-35(13-5-1)37-20-22-40(23-21-37)54-56-53(39-17-8-3-9-18-39)57-55(58-54)42-24-28-45-46-29-27-43(34-51(46)60-50(45)33-42)59-48-30-26-41(36-14-6-2-7-15-36)32-47(48)52-44-19-11-10-16-38(44)25-31-49(52)59/h1-9,11-15,17-34H,10,16H2. The van der Waals surface area contributed by atoms with Gasteiger partial charge >= 0.3 is 0 Å². The molecule has 12 rings (SSSR count). The first-order chi connectivity index (χ1) is 29.7. The van der Waals surface area contributed by atoms with Crippen molar-refractivity contribution >= 4 is 49.8 Å². The molecule has 0 atom stereocenters. The van der Waals surface area contributed by atoms with Gasteiger partial charge in [-0.2, -0.15) is 0 Å². The number of fused-ring (bicyclic) bond motifs is 8. The maximum Gasteiger partial charge on any atom is 0.164 e. The third kappa shape index (κ3) is 5.74. The van der Waals surface area contributed by atoms with Crippen LogP contribution in [0.5, 0.6) is 0 Å². The van der Waals surface area contributed by atoms with Crippen molar-refractivity contribution < 1.29 is 4.42 Å². The van der Waals surface area contributed by atoms with E-state index in [1.54, 1.807) is 0 Å². The first kappa shape index (κ1) is 34.2. The third-order valence-corrected chi connectivity index (χ3v) is 11.9. The van der Waals surface area contributed by atoms with Crippen LogP contribution in [0.4, 0.5) is 0 Å². The molecule has 282 valence electrons. The molecule has 1 aliphatic carbocycles. The molecule has 0 fully saturated rings. The summed E-state index contributed by atoms with van der Waals surface area (Å²) in [6.45, 7) is 0. The van der Waals surface area contributed by atoms with Gasteiger partial charge in [-0.05, 0) is 88.7 Å². The van der Waals surface area contributed by atoms with E-state index in [-0.39, 0.29) is 0 Å². The van der Waals surface area contributed by atoms with E-state index in [0.29, 0.717) is 17.5 Å². The van der Waals surface area contributed by atoms with Crippen LogP contribution in [0, 0.1) is 0 Å². The lowest BCUT2D eigenvalue weighted by Crippen LogP contribution is -2.00. The molecule has 3 aromatic heterocycles. The van der Waals surface area contributed by atoms with Gasteiger partial charge in [-0.25, -0.2) is 15.0 Å². The Labute approximate surface area is 346 Å². The highest BCUT2D eigenvalue weighted by Crippen LogP contribution is 2.41. The van der Waals surface area contributed by atoms with Crippen molar-refractivity contribution in [3.63, 3.8) is 0 Å². The molecular weight excluding hydrogens is 733 g/mol. The minimum atomic E-state index is 0.589. The van der Waals surface area contributed by atoms with Crippen molar-refractivity contribution in [1.82, 2.24) is 19.5 Å². The van der Waals surface area contributed by atoms with E-state index < -0.39 is 0 Å². The summed E-state index contributed by atoms with van der Waals surface area (Å²) in [7, 11) is 0. The Hall–Kier alpha value is -7.89. The minimum Gasteiger partial charge on any atom is -0.456 e. The highest BCUT2D eigenvalue weighted by Gasteiger charge is 2.20. The molecule has 60 heavy (non-hydrogen) atoms. The van der Waals surface area contributed by atoms with Gasteiger partial charge < -0.3 is 8.98 Å². The Morgan fingerprint density at radius 2 is 0.950 bits per heavy atom. The largest absolute Gasteiger partial charge is 0.456 e. The summed E-state index contributed by atoms with van der Waals surface area (Å²) in [6, 6.07) is 63.9. The van der Waals surface area contributed by atoms with Gasteiger partial charge in [0.25, 0.3) is 0 Å². The molecule has 1 aliphatic rings. The van der Waals surface area contributed by atoms with Gasteiger partial charge in [0.1, 0.15) is 11.2 Å². The molecule has 0 bridgehead atoms. The summed E-state index contributed by atoms with van der Waals surface area (Å²) in [5.74, 6) is 1.83. The van der Waals surface area contributed by atoms with Crippen LogP contribution in [-0.4, -0.2) is 19.5 Å². The molecule has 0 spiro atoms. The van der Waals surface area contributed by atoms with E-state index in [0.717, 1.165) is 62.7 Å². The van der Waals surface area contributed by atoms with Gasteiger partial charge in [0, 0.05) is 50.0 Å². The lowest BCUT2D eigenvalue weighted by Gasteiger charge is -2.13. The second-order valence-electron chi connectivity index (χ2n) is 15.5. The van der Waals surface area contributed by atoms with E-state index in [1.807, 2.05) is 36.4 Å². The number of rotatable bonds is 6.